The molecular weight excluding hydrogens is 328 g/mol. The minimum absolute atomic E-state index is 0.0203. The Bertz CT molecular complexity index is 950. The summed E-state index contributed by atoms with van der Waals surface area (Å²) in [6.45, 7) is 0.739. The van der Waals surface area contributed by atoms with Crippen molar-refractivity contribution in [2.24, 2.45) is 11.7 Å². The van der Waals surface area contributed by atoms with Crippen LogP contribution in [-0.2, 0) is 6.54 Å². The Morgan fingerprint density at radius 2 is 1.85 bits per heavy atom. The van der Waals surface area contributed by atoms with Crippen molar-refractivity contribution >= 4 is 11.0 Å². The molecule has 0 spiro atoms. The highest BCUT2D eigenvalue weighted by Crippen LogP contribution is 2.26. The second-order valence-electron chi connectivity index (χ2n) is 7.06. The normalized spacial score (nSPS) is 20.4. The van der Waals surface area contributed by atoms with Crippen LogP contribution < -0.4 is 16.2 Å². The molecule has 0 atom stereocenters. The molecule has 2 N–H and O–H groups in total. The molecule has 0 radical (unpaired) electrons. The van der Waals surface area contributed by atoms with Gasteiger partial charge in [0.2, 0.25) is 5.88 Å². The molecular formula is C20H24N4O2. The maximum absolute atomic E-state index is 13.2. The molecule has 26 heavy (non-hydrogen) atoms. The Kier molecular flexibility index (Phi) is 4.51. The zero-order valence-electron chi connectivity index (χ0n) is 15.0. The quantitative estimate of drug-likeness (QED) is 0.783. The molecule has 136 valence electrons. The van der Waals surface area contributed by atoms with Crippen LogP contribution in [0.25, 0.3) is 16.7 Å². The largest absolute Gasteiger partial charge is 0.481 e. The van der Waals surface area contributed by atoms with E-state index in [9.17, 15) is 4.79 Å². The molecule has 6 heteroatoms. The van der Waals surface area contributed by atoms with E-state index in [1.165, 1.54) is 0 Å². The molecule has 1 aliphatic carbocycles. The summed E-state index contributed by atoms with van der Waals surface area (Å²) < 4.78 is 8.76. The van der Waals surface area contributed by atoms with E-state index in [2.05, 4.69) is 4.98 Å². The van der Waals surface area contributed by atoms with Gasteiger partial charge in [0.15, 0.2) is 0 Å². The van der Waals surface area contributed by atoms with Gasteiger partial charge in [-0.15, -0.1) is 0 Å². The highest BCUT2D eigenvalue weighted by Gasteiger charge is 2.22. The minimum atomic E-state index is -0.0203. The Labute approximate surface area is 152 Å². The number of ether oxygens (including phenoxy) is 1. The summed E-state index contributed by atoms with van der Waals surface area (Å²) in [6, 6.07) is 11.9. The Balaban J connectivity index is 1.76. The van der Waals surface area contributed by atoms with Crippen LogP contribution in [0.5, 0.6) is 5.88 Å². The summed E-state index contributed by atoms with van der Waals surface area (Å²) in [7, 11) is 1.58. The van der Waals surface area contributed by atoms with Crippen LogP contribution in [0.2, 0.25) is 0 Å². The summed E-state index contributed by atoms with van der Waals surface area (Å²) in [6.07, 6.45) is 5.92. The van der Waals surface area contributed by atoms with Gasteiger partial charge in [0.25, 0.3) is 0 Å². The first kappa shape index (κ1) is 16.8. The molecule has 4 rings (SSSR count). The Hall–Kier alpha value is -2.60. The van der Waals surface area contributed by atoms with Crippen molar-refractivity contribution in [1.82, 2.24) is 14.1 Å². The lowest BCUT2D eigenvalue weighted by Crippen LogP contribution is -2.31. The van der Waals surface area contributed by atoms with E-state index in [0.29, 0.717) is 17.8 Å². The van der Waals surface area contributed by atoms with E-state index in [-0.39, 0.29) is 5.69 Å². The van der Waals surface area contributed by atoms with Gasteiger partial charge in [-0.2, -0.15) is 0 Å². The lowest BCUT2D eigenvalue weighted by molar-refractivity contribution is 0.294. The zero-order chi connectivity index (χ0) is 18.1. The van der Waals surface area contributed by atoms with Crippen molar-refractivity contribution in [2.45, 2.75) is 38.3 Å². The number of rotatable bonds is 4. The molecule has 2 aromatic heterocycles. The van der Waals surface area contributed by atoms with Gasteiger partial charge in [0.05, 0.1) is 30.0 Å². The van der Waals surface area contributed by atoms with E-state index in [0.717, 1.165) is 48.9 Å². The molecule has 1 saturated carbocycles. The average Bonchev–Trinajstić information content (AvgIpc) is 2.95. The molecule has 0 aliphatic heterocycles. The van der Waals surface area contributed by atoms with Crippen molar-refractivity contribution in [3.05, 3.63) is 53.1 Å². The van der Waals surface area contributed by atoms with E-state index >= 15 is 0 Å². The van der Waals surface area contributed by atoms with Gasteiger partial charge in [-0.05, 0) is 49.8 Å². The maximum atomic E-state index is 13.2. The summed E-state index contributed by atoms with van der Waals surface area (Å²) >= 11 is 0. The molecule has 0 unspecified atom stereocenters. The third-order valence-electron chi connectivity index (χ3n) is 5.36. The van der Waals surface area contributed by atoms with Crippen molar-refractivity contribution < 1.29 is 4.74 Å². The third-order valence-corrected chi connectivity index (χ3v) is 5.36. The number of fused-ring (bicyclic) bond motifs is 1. The van der Waals surface area contributed by atoms with E-state index in [1.54, 1.807) is 23.9 Å². The number of benzene rings is 1. The summed E-state index contributed by atoms with van der Waals surface area (Å²) in [5, 5.41) is 0. The van der Waals surface area contributed by atoms with Crippen molar-refractivity contribution in [2.75, 3.05) is 7.11 Å². The van der Waals surface area contributed by atoms with Crippen molar-refractivity contribution in [3.63, 3.8) is 0 Å². The molecule has 0 amide bonds. The summed E-state index contributed by atoms with van der Waals surface area (Å²) in [4.78, 5) is 17.5. The maximum Gasteiger partial charge on any atom is 0.333 e. The molecule has 0 bridgehead atoms. The number of aromatic nitrogens is 3. The van der Waals surface area contributed by atoms with E-state index in [4.69, 9.17) is 10.5 Å². The number of nitrogens with zero attached hydrogens (tertiary/aromatic N) is 3. The Morgan fingerprint density at radius 1 is 1.12 bits per heavy atom. The van der Waals surface area contributed by atoms with Crippen LogP contribution in [0.4, 0.5) is 0 Å². The van der Waals surface area contributed by atoms with Crippen molar-refractivity contribution in [3.8, 4) is 11.6 Å². The number of nitrogens with two attached hydrogens (primary N) is 1. The molecule has 6 nitrogen and oxygen atoms in total. The summed E-state index contributed by atoms with van der Waals surface area (Å²) in [5.74, 6) is 1.03. The number of pyridine rings is 1. The van der Waals surface area contributed by atoms with Gasteiger partial charge < -0.3 is 10.5 Å². The standard InChI is InChI=1S/C20H24N4O2/c1-26-19-11-10-16(12-22-19)24-18-5-3-2-4-17(18)23(20(24)25)13-14-6-8-15(21)9-7-14/h2-5,10-12,14-15H,6-9,13,21H2,1H3/t14-,15-. The van der Waals surface area contributed by atoms with E-state index < -0.39 is 0 Å². The van der Waals surface area contributed by atoms with E-state index in [1.807, 2.05) is 34.9 Å². The molecule has 1 aromatic carbocycles. The molecule has 2 heterocycles. The first-order chi connectivity index (χ1) is 12.7. The SMILES string of the molecule is COc1ccc(-n2c(=O)n(C[C@H]3CC[C@H](N)CC3)c3ccccc32)cn1. The van der Waals surface area contributed by atoms with Crippen LogP contribution in [0.3, 0.4) is 0 Å². The first-order valence-electron chi connectivity index (χ1n) is 9.13. The highest BCUT2D eigenvalue weighted by atomic mass is 16.5. The van der Waals surface area contributed by atoms with Crippen LogP contribution in [-0.4, -0.2) is 27.3 Å². The number of para-hydroxylation sites is 2. The van der Waals surface area contributed by atoms with Crippen LogP contribution >= 0.6 is 0 Å². The van der Waals surface area contributed by atoms with Gasteiger partial charge in [-0.1, -0.05) is 12.1 Å². The van der Waals surface area contributed by atoms with Crippen LogP contribution in [0.1, 0.15) is 25.7 Å². The van der Waals surface area contributed by atoms with Gasteiger partial charge in [-0.3, -0.25) is 9.13 Å². The molecule has 1 aliphatic rings. The second kappa shape index (κ2) is 6.96. The lowest BCUT2D eigenvalue weighted by atomic mass is 9.86. The fourth-order valence-corrected chi connectivity index (χ4v) is 3.89. The first-order valence-corrected chi connectivity index (χ1v) is 9.13. The predicted octanol–water partition coefficient (Wildman–Crippen LogP) is 2.71. The monoisotopic (exact) mass is 352 g/mol. The van der Waals surface area contributed by atoms with Gasteiger partial charge >= 0.3 is 5.69 Å². The zero-order valence-corrected chi connectivity index (χ0v) is 15.0. The number of hydrogen-bond acceptors (Lipinski definition) is 4. The molecule has 0 saturated heterocycles. The third kappa shape index (κ3) is 3.01. The number of hydrogen-bond donors (Lipinski definition) is 1. The summed E-state index contributed by atoms with van der Waals surface area (Å²) in [5.41, 5.74) is 8.61. The predicted molar refractivity (Wildman–Crippen MR) is 102 cm³/mol. The number of imidazole rings is 1. The minimum Gasteiger partial charge on any atom is -0.481 e. The van der Waals surface area contributed by atoms with Crippen LogP contribution in [0, 0.1) is 5.92 Å². The topological polar surface area (TPSA) is 75.1 Å². The number of methoxy groups -OCH3 is 1. The Morgan fingerprint density at radius 3 is 2.50 bits per heavy atom. The highest BCUT2D eigenvalue weighted by molar-refractivity contribution is 5.78. The molecule has 1 fully saturated rings. The van der Waals surface area contributed by atoms with Gasteiger partial charge in [0, 0.05) is 18.7 Å². The smallest absolute Gasteiger partial charge is 0.333 e. The van der Waals surface area contributed by atoms with Crippen molar-refractivity contribution in [1.29, 1.82) is 0 Å². The lowest BCUT2D eigenvalue weighted by Gasteiger charge is -2.26. The fourth-order valence-electron chi connectivity index (χ4n) is 3.89. The van der Waals surface area contributed by atoms with Gasteiger partial charge in [-0.25, -0.2) is 9.78 Å². The fraction of sp³-hybridized carbons (Fsp3) is 0.400. The second-order valence-corrected chi connectivity index (χ2v) is 7.06. The molecule has 3 aromatic rings. The van der Waals surface area contributed by atoms with Gasteiger partial charge in [0.1, 0.15) is 0 Å². The average molecular weight is 352 g/mol. The van der Waals surface area contributed by atoms with Crippen LogP contribution in [0.15, 0.2) is 47.4 Å².